The van der Waals surface area contributed by atoms with Crippen LogP contribution in [0.2, 0.25) is 0 Å². The molecule has 0 spiro atoms. The van der Waals surface area contributed by atoms with Crippen LogP contribution in [-0.2, 0) is 30.2 Å². The maximum absolute atomic E-state index is 10.2. The number of pyridine rings is 1. The predicted octanol–water partition coefficient (Wildman–Crippen LogP) is 1.86. The fraction of sp³-hybridized carbons (Fsp3) is 0.125. The second kappa shape index (κ2) is 10.7. The molecule has 0 atom stereocenters. The van der Waals surface area contributed by atoms with Crippen molar-refractivity contribution in [1.82, 2.24) is 4.98 Å². The van der Waals surface area contributed by atoms with Crippen LogP contribution in [-0.4, -0.2) is 30.9 Å². The number of carboxylic acids is 2. The quantitative estimate of drug-likeness (QED) is 0.697. The fourth-order valence-corrected chi connectivity index (χ4v) is 0.489. The molecule has 0 fully saturated rings. The standard InChI is InChI=1S/C6H5NO2.C2HCl3O2.Cr.3O/c8-6(9)5-2-1-3-7-4-5;3-2(4,5)1(6)7;;;;/h1-4H,(H,8,9);(H,6,7);;;;. The third-order valence-corrected chi connectivity index (χ3v) is 1.64. The first kappa shape index (κ1) is 21.2. The van der Waals surface area contributed by atoms with E-state index >= 15 is 0 Å². The minimum absolute atomic E-state index is 0.220. The molecule has 0 radical (unpaired) electrons. The van der Waals surface area contributed by atoms with E-state index < -0.39 is 29.7 Å². The molecule has 0 saturated heterocycles. The van der Waals surface area contributed by atoms with E-state index in [0.717, 1.165) is 0 Å². The summed E-state index contributed by atoms with van der Waals surface area (Å²) >= 11 is 10.6. The number of carboxylic acid groups (broad SMARTS) is 2. The molecule has 20 heavy (non-hydrogen) atoms. The Labute approximate surface area is 130 Å². The number of rotatable bonds is 1. The molecule has 12 heteroatoms. The summed E-state index contributed by atoms with van der Waals surface area (Å²) in [6.07, 6.45) is 2.84. The summed E-state index contributed by atoms with van der Waals surface area (Å²) in [5, 5.41) is 16.2. The second-order valence-corrected chi connectivity index (χ2v) is 5.47. The average molecular weight is 386 g/mol. The first-order valence-corrected chi connectivity index (χ1v) is 6.88. The molecule has 0 aliphatic carbocycles. The first-order chi connectivity index (χ1) is 8.98. The molecule has 0 bridgehead atoms. The Hall–Kier alpha value is -1.11. The zero-order chi connectivity index (χ0) is 16.3. The van der Waals surface area contributed by atoms with E-state index in [-0.39, 0.29) is 5.56 Å². The van der Waals surface area contributed by atoms with Crippen LogP contribution in [0.15, 0.2) is 24.5 Å². The molecule has 0 saturated carbocycles. The van der Waals surface area contributed by atoms with E-state index in [2.05, 4.69) is 4.98 Å². The fourth-order valence-electron chi connectivity index (χ4n) is 0.489. The van der Waals surface area contributed by atoms with Gasteiger partial charge in [0, 0.05) is 12.4 Å². The maximum atomic E-state index is 10.2. The van der Waals surface area contributed by atoms with Crippen LogP contribution in [0.3, 0.4) is 0 Å². The van der Waals surface area contributed by atoms with Gasteiger partial charge in [0.1, 0.15) is 0 Å². The van der Waals surface area contributed by atoms with E-state index in [9.17, 15) is 9.59 Å². The van der Waals surface area contributed by atoms with Gasteiger partial charge in [0.25, 0.3) is 3.79 Å². The Bertz CT molecular complexity index is 533. The van der Waals surface area contributed by atoms with E-state index in [1.54, 1.807) is 6.07 Å². The van der Waals surface area contributed by atoms with Gasteiger partial charge in [0.05, 0.1) is 5.56 Å². The number of aliphatic carboxylic acids is 1. The summed E-state index contributed by atoms with van der Waals surface area (Å²) in [6.45, 7) is 0. The summed E-state index contributed by atoms with van der Waals surface area (Å²) in [5.41, 5.74) is 0.220. The van der Waals surface area contributed by atoms with Crippen molar-refractivity contribution in [1.29, 1.82) is 0 Å². The van der Waals surface area contributed by atoms with Gasteiger partial charge in [-0.1, -0.05) is 34.8 Å². The Balaban J connectivity index is 0. The van der Waals surface area contributed by atoms with Gasteiger partial charge in [-0.3, -0.25) is 4.98 Å². The molecular weight excluding hydrogens is 380 g/mol. The molecule has 1 aromatic heterocycles. The normalized spacial score (nSPS) is 9.15. The molecule has 1 rings (SSSR count). The van der Waals surface area contributed by atoms with E-state index in [1.807, 2.05) is 0 Å². The minimum atomic E-state index is -3.79. The molecule has 0 aliphatic rings. The molecule has 112 valence electrons. The third-order valence-electron chi connectivity index (χ3n) is 1.15. The van der Waals surface area contributed by atoms with Crippen molar-refractivity contribution in [2.24, 2.45) is 0 Å². The number of aromatic nitrogens is 1. The molecule has 0 amide bonds. The van der Waals surface area contributed by atoms with E-state index in [1.165, 1.54) is 18.5 Å². The van der Waals surface area contributed by atoms with Crippen LogP contribution < -0.4 is 0 Å². The van der Waals surface area contributed by atoms with Crippen LogP contribution in [0, 0.1) is 0 Å². The van der Waals surface area contributed by atoms with Crippen LogP contribution in [0.5, 0.6) is 0 Å². The Morgan fingerprint density at radius 1 is 1.15 bits per heavy atom. The van der Waals surface area contributed by atoms with Crippen molar-refractivity contribution in [2.45, 2.75) is 3.79 Å². The molecule has 0 aliphatic heterocycles. The van der Waals surface area contributed by atoms with Crippen LogP contribution >= 0.6 is 34.8 Å². The van der Waals surface area contributed by atoms with Gasteiger partial charge in [-0.15, -0.1) is 0 Å². The number of hydrogen-bond acceptors (Lipinski definition) is 6. The monoisotopic (exact) mass is 385 g/mol. The molecule has 2 N–H and O–H groups in total. The van der Waals surface area contributed by atoms with Crippen molar-refractivity contribution < 1.29 is 45.2 Å². The van der Waals surface area contributed by atoms with Gasteiger partial charge < -0.3 is 10.2 Å². The molecular formula is C8H6Cl3CrNO7. The third kappa shape index (κ3) is 15.0. The van der Waals surface area contributed by atoms with E-state index in [4.69, 9.17) is 56.4 Å². The first-order valence-electron chi connectivity index (χ1n) is 4.18. The number of hydrogen-bond donors (Lipinski definition) is 2. The van der Waals surface area contributed by atoms with Crippen molar-refractivity contribution in [2.75, 3.05) is 0 Å². The number of halogens is 3. The van der Waals surface area contributed by atoms with Crippen molar-refractivity contribution in [3.8, 4) is 0 Å². The average Bonchev–Trinajstić information content (AvgIpc) is 2.29. The van der Waals surface area contributed by atoms with Crippen LogP contribution in [0.4, 0.5) is 0 Å². The summed E-state index contributed by atoms with van der Waals surface area (Å²) in [7, 11) is 0. The SMILES string of the molecule is O=C(O)C(Cl)(Cl)Cl.O=C(O)c1cccnc1.[O]=[Cr](=[O])=[O]. The molecule has 0 unspecified atom stereocenters. The molecule has 1 aromatic rings. The summed E-state index contributed by atoms with van der Waals surface area (Å²) < 4.78 is 23.5. The summed E-state index contributed by atoms with van der Waals surface area (Å²) in [6, 6.07) is 3.08. The van der Waals surface area contributed by atoms with Gasteiger partial charge >= 0.3 is 37.3 Å². The Morgan fingerprint density at radius 3 is 1.70 bits per heavy atom. The van der Waals surface area contributed by atoms with Gasteiger partial charge in [0.15, 0.2) is 0 Å². The van der Waals surface area contributed by atoms with Crippen molar-refractivity contribution in [3.05, 3.63) is 30.1 Å². The van der Waals surface area contributed by atoms with Crippen molar-refractivity contribution in [3.63, 3.8) is 0 Å². The second-order valence-electron chi connectivity index (χ2n) is 2.55. The van der Waals surface area contributed by atoms with Gasteiger partial charge in [0.2, 0.25) is 0 Å². The number of alkyl halides is 3. The van der Waals surface area contributed by atoms with Gasteiger partial charge in [-0.25, -0.2) is 9.59 Å². The summed E-state index contributed by atoms with van der Waals surface area (Å²) in [5.74, 6) is -2.40. The zero-order valence-corrected chi connectivity index (χ0v) is 12.8. The van der Waals surface area contributed by atoms with Gasteiger partial charge in [-0.2, -0.15) is 0 Å². The number of aromatic carboxylic acids is 1. The predicted molar refractivity (Wildman–Crippen MR) is 61.2 cm³/mol. The Morgan fingerprint density at radius 2 is 1.55 bits per heavy atom. The van der Waals surface area contributed by atoms with Crippen LogP contribution in [0.1, 0.15) is 10.4 Å². The van der Waals surface area contributed by atoms with Gasteiger partial charge in [-0.05, 0) is 12.1 Å². The number of carbonyl (C=O) groups is 2. The summed E-state index contributed by atoms with van der Waals surface area (Å²) in [4.78, 5) is 23.4. The van der Waals surface area contributed by atoms with Crippen LogP contribution in [0.25, 0.3) is 0 Å². The van der Waals surface area contributed by atoms with Crippen molar-refractivity contribution >= 4 is 46.7 Å². The molecule has 1 heterocycles. The zero-order valence-electron chi connectivity index (χ0n) is 9.23. The topological polar surface area (TPSA) is 139 Å². The number of nitrogens with zero attached hydrogens (tertiary/aromatic N) is 1. The molecule has 0 aromatic carbocycles. The molecule has 8 nitrogen and oxygen atoms in total. The van der Waals surface area contributed by atoms with E-state index in [0.29, 0.717) is 0 Å². The Kier molecular flexibility index (Phi) is 11.3.